The van der Waals surface area contributed by atoms with E-state index in [-0.39, 0.29) is 0 Å². The molecule has 6 heteroatoms. The third kappa shape index (κ3) is 3.80. The minimum Gasteiger partial charge on any atom is -0.372 e. The molecule has 0 amide bonds. The molecular formula is C22H21N5S. The van der Waals surface area contributed by atoms with Crippen LogP contribution in [0.25, 0.3) is 11.3 Å². The second-order valence-corrected chi connectivity index (χ2v) is 7.40. The van der Waals surface area contributed by atoms with Gasteiger partial charge in [0.1, 0.15) is 11.6 Å². The van der Waals surface area contributed by atoms with Crippen molar-refractivity contribution >= 4 is 29.0 Å². The van der Waals surface area contributed by atoms with Crippen molar-refractivity contribution in [2.24, 2.45) is 0 Å². The molecule has 0 radical (unpaired) electrons. The first-order valence-electron chi connectivity index (χ1n) is 9.32. The maximum atomic E-state index is 9.81. The number of aromatic nitrogens is 2. The second-order valence-electron chi connectivity index (χ2n) is 6.63. The highest BCUT2D eigenvalue weighted by molar-refractivity contribution is 7.98. The van der Waals surface area contributed by atoms with Crippen LogP contribution in [-0.4, -0.2) is 29.3 Å². The summed E-state index contributed by atoms with van der Waals surface area (Å²) >= 11 is 1.46. The number of benzene rings is 2. The molecule has 2 aromatic carbocycles. The van der Waals surface area contributed by atoms with E-state index in [1.807, 2.05) is 48.7 Å². The largest absolute Gasteiger partial charge is 0.372 e. The molecule has 0 spiro atoms. The van der Waals surface area contributed by atoms with Crippen molar-refractivity contribution in [2.45, 2.75) is 18.0 Å². The molecule has 140 valence electrons. The van der Waals surface area contributed by atoms with Gasteiger partial charge < -0.3 is 10.2 Å². The maximum Gasteiger partial charge on any atom is 0.189 e. The van der Waals surface area contributed by atoms with Gasteiger partial charge in [-0.3, -0.25) is 0 Å². The Morgan fingerprint density at radius 1 is 1.00 bits per heavy atom. The molecule has 28 heavy (non-hydrogen) atoms. The highest BCUT2D eigenvalue weighted by atomic mass is 32.2. The fraction of sp³-hybridized carbons (Fsp3) is 0.227. The average molecular weight is 388 g/mol. The first kappa shape index (κ1) is 18.3. The summed E-state index contributed by atoms with van der Waals surface area (Å²) in [6.45, 7) is 2.24. The zero-order valence-corrected chi connectivity index (χ0v) is 16.5. The summed E-state index contributed by atoms with van der Waals surface area (Å²) in [4.78, 5) is 11.5. The summed E-state index contributed by atoms with van der Waals surface area (Å²) in [5.41, 5.74) is 4.15. The standard InChI is InChI=1S/C22H21N5S/c1-28-22-25-20(16-7-3-2-4-8-16)19(15-23)21(26-22)24-17-9-11-18(12-10-17)27-13-5-6-14-27/h2-4,7-12H,5-6,13-14H2,1H3,(H,24,25,26). The third-order valence-corrected chi connectivity index (χ3v) is 5.38. The van der Waals surface area contributed by atoms with E-state index in [1.165, 1.54) is 30.3 Å². The highest BCUT2D eigenvalue weighted by Gasteiger charge is 2.17. The van der Waals surface area contributed by atoms with Gasteiger partial charge in [-0.15, -0.1) is 0 Å². The number of nitriles is 1. The summed E-state index contributed by atoms with van der Waals surface area (Å²) in [5, 5.41) is 13.8. The topological polar surface area (TPSA) is 64.8 Å². The van der Waals surface area contributed by atoms with Crippen LogP contribution in [0.2, 0.25) is 0 Å². The lowest BCUT2D eigenvalue weighted by Crippen LogP contribution is -2.17. The first-order chi connectivity index (χ1) is 13.8. The highest BCUT2D eigenvalue weighted by Crippen LogP contribution is 2.30. The molecule has 1 N–H and O–H groups in total. The predicted molar refractivity (Wildman–Crippen MR) is 115 cm³/mol. The lowest BCUT2D eigenvalue weighted by atomic mass is 10.1. The van der Waals surface area contributed by atoms with E-state index in [9.17, 15) is 5.26 Å². The Hall–Kier alpha value is -3.04. The van der Waals surface area contributed by atoms with Gasteiger partial charge in [-0.05, 0) is 43.4 Å². The Balaban J connectivity index is 1.68. The summed E-state index contributed by atoms with van der Waals surface area (Å²) in [6.07, 6.45) is 4.45. The zero-order chi connectivity index (χ0) is 19.3. The van der Waals surface area contributed by atoms with Crippen LogP contribution in [0.3, 0.4) is 0 Å². The summed E-state index contributed by atoms with van der Waals surface area (Å²) in [7, 11) is 0. The van der Waals surface area contributed by atoms with Gasteiger partial charge in [0, 0.05) is 30.0 Å². The van der Waals surface area contributed by atoms with Crippen LogP contribution in [0.4, 0.5) is 17.2 Å². The average Bonchev–Trinajstić information content (AvgIpc) is 3.29. The Morgan fingerprint density at radius 2 is 1.71 bits per heavy atom. The smallest absolute Gasteiger partial charge is 0.189 e. The molecule has 3 aromatic rings. The van der Waals surface area contributed by atoms with Gasteiger partial charge in [0.25, 0.3) is 0 Å². The van der Waals surface area contributed by atoms with Crippen LogP contribution in [-0.2, 0) is 0 Å². The molecule has 0 bridgehead atoms. The lowest BCUT2D eigenvalue weighted by Gasteiger charge is -2.18. The van der Waals surface area contributed by atoms with Gasteiger partial charge in [0.05, 0.1) is 5.69 Å². The molecule has 2 heterocycles. The molecule has 1 fully saturated rings. The predicted octanol–water partition coefficient (Wildman–Crippen LogP) is 5.08. The molecular weight excluding hydrogens is 366 g/mol. The normalized spacial score (nSPS) is 13.4. The number of hydrogen-bond donors (Lipinski definition) is 1. The monoisotopic (exact) mass is 387 g/mol. The van der Waals surface area contributed by atoms with Crippen LogP contribution < -0.4 is 10.2 Å². The molecule has 4 rings (SSSR count). The summed E-state index contributed by atoms with van der Waals surface area (Å²) in [6, 6.07) is 20.4. The Kier molecular flexibility index (Phi) is 5.45. The van der Waals surface area contributed by atoms with E-state index >= 15 is 0 Å². The van der Waals surface area contributed by atoms with Crippen LogP contribution in [0.5, 0.6) is 0 Å². The summed E-state index contributed by atoms with van der Waals surface area (Å²) in [5.74, 6) is 0.537. The van der Waals surface area contributed by atoms with Crippen molar-refractivity contribution in [3.8, 4) is 17.3 Å². The van der Waals surface area contributed by atoms with Crippen LogP contribution in [0.15, 0.2) is 59.8 Å². The lowest BCUT2D eigenvalue weighted by molar-refractivity contribution is 0.949. The van der Waals surface area contributed by atoms with Gasteiger partial charge >= 0.3 is 0 Å². The molecule has 0 atom stereocenters. The quantitative estimate of drug-likeness (QED) is 0.486. The third-order valence-electron chi connectivity index (χ3n) is 4.83. The molecule has 0 unspecified atom stereocenters. The molecule has 1 aliphatic heterocycles. The number of hydrogen-bond acceptors (Lipinski definition) is 6. The minimum absolute atomic E-state index is 0.451. The van der Waals surface area contributed by atoms with Gasteiger partial charge in [-0.25, -0.2) is 9.97 Å². The Morgan fingerprint density at radius 3 is 2.36 bits per heavy atom. The zero-order valence-electron chi connectivity index (χ0n) is 15.7. The number of rotatable bonds is 5. The van der Waals surface area contributed by atoms with E-state index in [0.29, 0.717) is 22.2 Å². The number of nitrogens with one attached hydrogen (secondary N) is 1. The molecule has 1 saturated heterocycles. The summed E-state index contributed by atoms with van der Waals surface area (Å²) < 4.78 is 0. The van der Waals surface area contributed by atoms with Crippen LogP contribution >= 0.6 is 11.8 Å². The fourth-order valence-corrected chi connectivity index (χ4v) is 3.77. The fourth-order valence-electron chi connectivity index (χ4n) is 3.40. The van der Waals surface area contributed by atoms with Gasteiger partial charge in [0.2, 0.25) is 0 Å². The molecule has 0 aliphatic carbocycles. The van der Waals surface area contributed by atoms with E-state index in [4.69, 9.17) is 0 Å². The van der Waals surface area contributed by atoms with E-state index < -0.39 is 0 Å². The van der Waals surface area contributed by atoms with Crippen molar-refractivity contribution < 1.29 is 0 Å². The second kappa shape index (κ2) is 8.32. The number of nitrogens with zero attached hydrogens (tertiary/aromatic N) is 4. The van der Waals surface area contributed by atoms with Crippen molar-refractivity contribution in [3.05, 3.63) is 60.2 Å². The van der Waals surface area contributed by atoms with Crippen molar-refractivity contribution in [1.82, 2.24) is 9.97 Å². The minimum atomic E-state index is 0.451. The van der Waals surface area contributed by atoms with Crippen LogP contribution in [0, 0.1) is 11.3 Å². The maximum absolute atomic E-state index is 9.81. The van der Waals surface area contributed by atoms with E-state index in [1.54, 1.807) is 0 Å². The van der Waals surface area contributed by atoms with Gasteiger partial charge in [0.15, 0.2) is 11.0 Å². The molecule has 1 aromatic heterocycles. The van der Waals surface area contributed by atoms with Gasteiger partial charge in [-0.1, -0.05) is 42.1 Å². The van der Waals surface area contributed by atoms with Gasteiger partial charge in [-0.2, -0.15) is 5.26 Å². The first-order valence-corrected chi connectivity index (χ1v) is 10.5. The number of anilines is 3. The van der Waals surface area contributed by atoms with Crippen LogP contribution in [0.1, 0.15) is 18.4 Å². The van der Waals surface area contributed by atoms with Crippen molar-refractivity contribution in [3.63, 3.8) is 0 Å². The van der Waals surface area contributed by atoms with Crippen molar-refractivity contribution in [2.75, 3.05) is 29.6 Å². The molecule has 5 nitrogen and oxygen atoms in total. The Bertz CT molecular complexity index is 990. The van der Waals surface area contributed by atoms with Crippen molar-refractivity contribution in [1.29, 1.82) is 5.26 Å². The van der Waals surface area contributed by atoms with E-state index in [2.05, 4.69) is 38.4 Å². The molecule has 1 aliphatic rings. The number of thioether (sulfide) groups is 1. The molecule has 0 saturated carbocycles. The van der Waals surface area contributed by atoms with E-state index in [0.717, 1.165) is 24.3 Å². The SMILES string of the molecule is CSc1nc(Nc2ccc(N3CCCC3)cc2)c(C#N)c(-c2ccccc2)n1. The Labute approximate surface area is 169 Å².